The van der Waals surface area contributed by atoms with Crippen molar-refractivity contribution in [1.29, 1.82) is 0 Å². The molecule has 2 aromatic rings. The van der Waals surface area contributed by atoms with Crippen molar-refractivity contribution >= 4 is 27.0 Å². The normalized spacial score (nSPS) is 25.8. The molecule has 3 aliphatic heterocycles. The number of aromatic nitrogens is 1. The number of hydrogen-bond acceptors (Lipinski definition) is 6. The second-order valence-electron chi connectivity index (χ2n) is 8.91. The Morgan fingerprint density at radius 1 is 1.10 bits per heavy atom. The third-order valence-corrected chi connectivity index (χ3v) is 9.60. The minimum atomic E-state index is -3.72. The van der Waals surface area contributed by atoms with Gasteiger partial charge in [0.15, 0.2) is 0 Å². The molecule has 0 spiro atoms. The van der Waals surface area contributed by atoms with E-state index in [4.69, 9.17) is 0 Å². The second kappa shape index (κ2) is 7.78. The molecule has 2 saturated heterocycles. The maximum absolute atomic E-state index is 13.1. The third-order valence-electron chi connectivity index (χ3n) is 6.84. The number of sulfonamides is 1. The van der Waals surface area contributed by atoms with Crippen molar-refractivity contribution in [3.05, 3.63) is 45.7 Å². The van der Waals surface area contributed by atoms with E-state index in [1.165, 1.54) is 12.8 Å². The first-order chi connectivity index (χ1) is 14.4. The molecule has 5 heterocycles. The zero-order valence-corrected chi connectivity index (χ0v) is 18.8. The molecule has 0 saturated carbocycles. The van der Waals surface area contributed by atoms with Crippen LogP contribution in [0.25, 0.3) is 0 Å². The summed E-state index contributed by atoms with van der Waals surface area (Å²) in [5, 5.41) is 1.71. The Bertz CT molecular complexity index is 1070. The number of nitrogens with zero attached hydrogens (tertiary/aromatic N) is 3. The van der Waals surface area contributed by atoms with Crippen molar-refractivity contribution < 1.29 is 8.42 Å². The molecule has 5 rings (SSSR count). The van der Waals surface area contributed by atoms with Crippen molar-refractivity contribution in [3.63, 3.8) is 0 Å². The van der Waals surface area contributed by atoms with E-state index in [9.17, 15) is 13.2 Å². The maximum atomic E-state index is 13.1. The molecule has 2 aromatic heterocycles. The van der Waals surface area contributed by atoms with Gasteiger partial charge in [-0.3, -0.25) is 14.4 Å². The summed E-state index contributed by atoms with van der Waals surface area (Å²) in [5.41, 5.74) is 0.960. The lowest BCUT2D eigenvalue weighted by atomic mass is 9.82. The van der Waals surface area contributed by atoms with E-state index in [1.54, 1.807) is 23.6 Å². The third kappa shape index (κ3) is 3.72. The van der Waals surface area contributed by atoms with Crippen LogP contribution in [0.1, 0.15) is 30.9 Å². The highest BCUT2D eigenvalue weighted by molar-refractivity contribution is 7.94. The lowest BCUT2D eigenvalue weighted by molar-refractivity contribution is 0.0517. The first-order valence-electron chi connectivity index (χ1n) is 10.6. The van der Waals surface area contributed by atoms with Gasteiger partial charge in [0.2, 0.25) is 0 Å². The molecule has 7 nitrogen and oxygen atoms in total. The zero-order chi connectivity index (χ0) is 20.9. The van der Waals surface area contributed by atoms with Gasteiger partial charge < -0.3 is 9.47 Å². The predicted molar refractivity (Wildman–Crippen MR) is 119 cm³/mol. The molecule has 2 fully saturated rings. The van der Waals surface area contributed by atoms with Gasteiger partial charge in [-0.1, -0.05) is 6.07 Å². The number of rotatable bonds is 4. The molecular weight excluding hydrogens is 420 g/mol. The van der Waals surface area contributed by atoms with Crippen LogP contribution in [0, 0.1) is 5.92 Å². The molecule has 162 valence electrons. The van der Waals surface area contributed by atoms with Gasteiger partial charge in [-0.15, -0.1) is 11.3 Å². The van der Waals surface area contributed by atoms with Gasteiger partial charge in [-0.2, -0.15) is 0 Å². The molecule has 0 unspecified atom stereocenters. The number of pyridine rings is 1. The van der Waals surface area contributed by atoms with E-state index in [2.05, 4.69) is 21.6 Å². The Labute approximate surface area is 181 Å². The highest BCUT2D eigenvalue weighted by atomic mass is 32.2. The largest absolute Gasteiger partial charge is 0.310 e. The molecule has 0 aromatic carbocycles. The van der Waals surface area contributed by atoms with Crippen LogP contribution in [-0.2, 0) is 16.6 Å². The minimum Gasteiger partial charge on any atom is -0.310 e. The summed E-state index contributed by atoms with van der Waals surface area (Å²) in [7, 11) is -1.53. The number of fused-ring (bicyclic) bond motifs is 4. The van der Waals surface area contributed by atoms with Crippen molar-refractivity contribution in [3.8, 4) is 0 Å². The fraction of sp³-hybridized carbons (Fsp3) is 0.571. The summed E-state index contributed by atoms with van der Waals surface area (Å²) >= 11 is 1.14. The monoisotopic (exact) mass is 448 g/mol. The van der Waals surface area contributed by atoms with E-state index >= 15 is 0 Å². The van der Waals surface area contributed by atoms with Gasteiger partial charge in [0.1, 0.15) is 9.90 Å². The van der Waals surface area contributed by atoms with E-state index < -0.39 is 10.0 Å². The molecule has 0 radical (unpaired) electrons. The second-order valence-corrected chi connectivity index (χ2v) is 11.8. The zero-order valence-electron chi connectivity index (χ0n) is 17.2. The van der Waals surface area contributed by atoms with Crippen molar-refractivity contribution in [1.82, 2.24) is 14.4 Å². The number of anilines is 1. The van der Waals surface area contributed by atoms with Gasteiger partial charge >= 0.3 is 0 Å². The number of hydrogen-bond donors (Lipinski definition) is 1. The van der Waals surface area contributed by atoms with Gasteiger partial charge in [-0.05, 0) is 68.9 Å². The van der Waals surface area contributed by atoms with Crippen LogP contribution in [0.2, 0.25) is 0 Å². The van der Waals surface area contributed by atoms with Gasteiger partial charge in [0, 0.05) is 37.3 Å². The summed E-state index contributed by atoms with van der Waals surface area (Å²) in [6, 6.07) is 7.48. The predicted octanol–water partition coefficient (Wildman–Crippen LogP) is 2.22. The average Bonchev–Trinajstić information content (AvgIpc) is 3.27. The van der Waals surface area contributed by atoms with Crippen LogP contribution in [0.5, 0.6) is 0 Å². The number of likely N-dealkylation sites (tertiary alicyclic amines) is 2. The Kier molecular flexibility index (Phi) is 5.25. The Balaban J connectivity index is 1.38. The molecule has 2 bridgehead atoms. The fourth-order valence-electron chi connectivity index (χ4n) is 5.33. The van der Waals surface area contributed by atoms with E-state index in [0.717, 1.165) is 49.6 Å². The molecular formula is C21H28N4O3S2. The lowest BCUT2D eigenvalue weighted by Crippen LogP contribution is -2.53. The van der Waals surface area contributed by atoms with E-state index in [-0.39, 0.29) is 15.5 Å². The average molecular weight is 449 g/mol. The standard InChI is InChI=1S/C21H28N4O3S2/c1-23-8-6-17(7-9-23)24-12-15-11-16(14-24)19-5-4-18(21(26)25(19)13-15)22-30(27,28)20-3-2-10-29-20/h2-5,10,15-17,22H,6-9,11-14H2,1H3/t15-,16+/m0/s1. The Morgan fingerprint density at radius 2 is 1.90 bits per heavy atom. The summed E-state index contributed by atoms with van der Waals surface area (Å²) in [6.45, 7) is 5.00. The summed E-state index contributed by atoms with van der Waals surface area (Å²) in [6.07, 6.45) is 3.54. The summed E-state index contributed by atoms with van der Waals surface area (Å²) < 4.78 is 29.7. The molecule has 1 N–H and O–H groups in total. The van der Waals surface area contributed by atoms with Gasteiger partial charge in [0.05, 0.1) is 0 Å². The van der Waals surface area contributed by atoms with Crippen molar-refractivity contribution in [2.45, 2.75) is 42.0 Å². The van der Waals surface area contributed by atoms with Crippen molar-refractivity contribution in [2.75, 3.05) is 37.9 Å². The van der Waals surface area contributed by atoms with Crippen molar-refractivity contribution in [2.24, 2.45) is 5.92 Å². The summed E-state index contributed by atoms with van der Waals surface area (Å²) in [5.74, 6) is 0.783. The topological polar surface area (TPSA) is 74.7 Å². The van der Waals surface area contributed by atoms with Crippen LogP contribution in [0.3, 0.4) is 0 Å². The lowest BCUT2D eigenvalue weighted by Gasteiger charge is -2.47. The molecule has 2 atom stereocenters. The first kappa shape index (κ1) is 20.2. The quantitative estimate of drug-likeness (QED) is 0.776. The molecule has 0 aliphatic carbocycles. The van der Waals surface area contributed by atoms with E-state index in [1.807, 2.05) is 10.6 Å². The molecule has 30 heavy (non-hydrogen) atoms. The van der Waals surface area contributed by atoms with Gasteiger partial charge in [0.25, 0.3) is 15.6 Å². The van der Waals surface area contributed by atoms with E-state index in [0.29, 0.717) is 24.4 Å². The molecule has 9 heteroatoms. The van der Waals surface area contributed by atoms with Gasteiger partial charge in [-0.25, -0.2) is 8.42 Å². The minimum absolute atomic E-state index is 0.138. The van der Waals surface area contributed by atoms with Crippen LogP contribution in [0.15, 0.2) is 38.6 Å². The fourth-order valence-corrected chi connectivity index (χ4v) is 7.38. The Hall–Kier alpha value is -1.68. The van der Waals surface area contributed by atoms with Crippen LogP contribution < -0.4 is 10.3 Å². The highest BCUT2D eigenvalue weighted by Crippen LogP contribution is 2.37. The maximum Gasteiger partial charge on any atom is 0.275 e. The summed E-state index contributed by atoms with van der Waals surface area (Å²) in [4.78, 5) is 18.2. The first-order valence-corrected chi connectivity index (χ1v) is 13.0. The highest BCUT2D eigenvalue weighted by Gasteiger charge is 2.38. The van der Waals surface area contributed by atoms with Crippen LogP contribution >= 0.6 is 11.3 Å². The number of piperidine rings is 2. The molecule has 3 aliphatic rings. The number of thiophene rings is 1. The smallest absolute Gasteiger partial charge is 0.275 e. The molecule has 0 amide bonds. The van der Waals surface area contributed by atoms with Crippen LogP contribution in [-0.4, -0.2) is 62.1 Å². The Morgan fingerprint density at radius 3 is 2.63 bits per heavy atom. The number of nitrogens with one attached hydrogen (secondary N) is 1. The SMILES string of the molecule is CN1CCC(N2C[C@@H]3C[C@H](C2)c2ccc(NS(=O)(=O)c4cccs4)c(=O)n2C3)CC1. The van der Waals surface area contributed by atoms with Crippen LogP contribution in [0.4, 0.5) is 5.69 Å².